The highest BCUT2D eigenvalue weighted by atomic mass is 35.5. The Morgan fingerprint density at radius 3 is 2.85 bits per heavy atom. The Hall–Kier alpha value is -1.39. The second kappa shape index (κ2) is 6.86. The normalized spacial score (nSPS) is 10.8. The SMILES string of the molecule is CCCC(=O)Cc1nc(Cc2ccc(Cl)cc2Cl)no1. The van der Waals surface area contributed by atoms with Gasteiger partial charge < -0.3 is 4.52 Å². The van der Waals surface area contributed by atoms with Gasteiger partial charge in [0.2, 0.25) is 5.89 Å². The highest BCUT2D eigenvalue weighted by molar-refractivity contribution is 6.35. The topological polar surface area (TPSA) is 56.0 Å². The molecule has 0 aliphatic heterocycles. The number of carbonyl (C=O) groups is 1. The molecule has 2 aromatic rings. The van der Waals surface area contributed by atoms with Crippen molar-refractivity contribution >= 4 is 29.0 Å². The van der Waals surface area contributed by atoms with Crippen molar-refractivity contribution in [2.45, 2.75) is 32.6 Å². The fraction of sp³-hybridized carbons (Fsp3) is 0.357. The zero-order valence-electron chi connectivity index (χ0n) is 11.0. The highest BCUT2D eigenvalue weighted by Crippen LogP contribution is 2.22. The molecule has 1 heterocycles. The molecule has 2 rings (SSSR count). The average molecular weight is 313 g/mol. The van der Waals surface area contributed by atoms with E-state index in [-0.39, 0.29) is 12.2 Å². The van der Waals surface area contributed by atoms with Gasteiger partial charge in [-0.25, -0.2) is 0 Å². The van der Waals surface area contributed by atoms with Gasteiger partial charge in [0, 0.05) is 22.9 Å². The summed E-state index contributed by atoms with van der Waals surface area (Å²) in [6.07, 6.45) is 1.98. The van der Waals surface area contributed by atoms with Gasteiger partial charge in [-0.2, -0.15) is 4.98 Å². The minimum atomic E-state index is 0.104. The summed E-state index contributed by atoms with van der Waals surface area (Å²) in [4.78, 5) is 15.7. The van der Waals surface area contributed by atoms with Gasteiger partial charge in [-0.05, 0) is 24.1 Å². The quantitative estimate of drug-likeness (QED) is 0.812. The molecule has 1 aromatic carbocycles. The van der Waals surface area contributed by atoms with Crippen LogP contribution in [0.25, 0.3) is 0 Å². The molecule has 4 nitrogen and oxygen atoms in total. The smallest absolute Gasteiger partial charge is 0.234 e. The summed E-state index contributed by atoms with van der Waals surface area (Å²) >= 11 is 11.9. The van der Waals surface area contributed by atoms with Crippen LogP contribution in [0.5, 0.6) is 0 Å². The van der Waals surface area contributed by atoms with Gasteiger partial charge in [0.15, 0.2) is 5.82 Å². The van der Waals surface area contributed by atoms with Crippen molar-refractivity contribution in [1.29, 1.82) is 0 Å². The molecule has 6 heteroatoms. The zero-order chi connectivity index (χ0) is 14.5. The van der Waals surface area contributed by atoms with Crippen LogP contribution in [-0.2, 0) is 17.6 Å². The van der Waals surface area contributed by atoms with Gasteiger partial charge in [0.1, 0.15) is 5.78 Å². The lowest BCUT2D eigenvalue weighted by molar-refractivity contribution is -0.118. The number of Topliss-reactive ketones (excluding diaryl/α,β-unsaturated/α-hetero) is 1. The summed E-state index contributed by atoms with van der Waals surface area (Å²) in [6, 6.07) is 5.25. The molecule has 0 fully saturated rings. The fourth-order valence-electron chi connectivity index (χ4n) is 1.81. The second-order valence-electron chi connectivity index (χ2n) is 4.48. The number of hydrogen-bond acceptors (Lipinski definition) is 4. The first-order valence-electron chi connectivity index (χ1n) is 6.35. The Morgan fingerprint density at radius 2 is 2.15 bits per heavy atom. The maximum atomic E-state index is 11.5. The van der Waals surface area contributed by atoms with E-state index in [1.165, 1.54) is 0 Å². The van der Waals surface area contributed by atoms with Crippen molar-refractivity contribution in [3.05, 3.63) is 45.5 Å². The number of hydrogen-bond donors (Lipinski definition) is 0. The Balaban J connectivity index is 2.04. The summed E-state index contributed by atoms with van der Waals surface area (Å²) in [5.41, 5.74) is 0.864. The van der Waals surface area contributed by atoms with Crippen LogP contribution in [0.4, 0.5) is 0 Å². The predicted octanol–water partition coefficient (Wildman–Crippen LogP) is 3.88. The number of rotatable bonds is 6. The molecule has 0 N–H and O–H groups in total. The van der Waals surface area contributed by atoms with Gasteiger partial charge in [-0.1, -0.05) is 41.3 Å². The van der Waals surface area contributed by atoms with E-state index in [0.29, 0.717) is 34.6 Å². The predicted molar refractivity (Wildman–Crippen MR) is 77.2 cm³/mol. The lowest BCUT2D eigenvalue weighted by atomic mass is 10.1. The van der Waals surface area contributed by atoms with Crippen LogP contribution in [0.2, 0.25) is 10.0 Å². The largest absolute Gasteiger partial charge is 0.339 e. The third-order valence-electron chi connectivity index (χ3n) is 2.75. The summed E-state index contributed by atoms with van der Waals surface area (Å²) in [7, 11) is 0. The summed E-state index contributed by atoms with van der Waals surface area (Å²) in [5, 5.41) is 5.00. The zero-order valence-corrected chi connectivity index (χ0v) is 12.5. The molecule has 106 valence electrons. The maximum absolute atomic E-state index is 11.5. The molecule has 0 atom stereocenters. The van der Waals surface area contributed by atoms with E-state index in [9.17, 15) is 4.79 Å². The molecule has 0 aliphatic carbocycles. The van der Waals surface area contributed by atoms with Crippen molar-refractivity contribution in [3.63, 3.8) is 0 Å². The van der Waals surface area contributed by atoms with Crippen LogP contribution >= 0.6 is 23.2 Å². The highest BCUT2D eigenvalue weighted by Gasteiger charge is 2.12. The Labute approximate surface area is 127 Å². The van der Waals surface area contributed by atoms with Gasteiger partial charge in [0.25, 0.3) is 0 Å². The molecular weight excluding hydrogens is 299 g/mol. The van der Waals surface area contributed by atoms with Gasteiger partial charge in [-0.15, -0.1) is 0 Å². The van der Waals surface area contributed by atoms with Crippen LogP contribution in [0, 0.1) is 0 Å². The number of carbonyl (C=O) groups excluding carboxylic acids is 1. The lowest BCUT2D eigenvalue weighted by Crippen LogP contribution is -2.02. The number of ketones is 1. The first-order valence-corrected chi connectivity index (χ1v) is 7.11. The van der Waals surface area contributed by atoms with E-state index < -0.39 is 0 Å². The summed E-state index contributed by atoms with van der Waals surface area (Å²) < 4.78 is 5.07. The third kappa shape index (κ3) is 4.05. The third-order valence-corrected chi connectivity index (χ3v) is 3.34. The van der Waals surface area contributed by atoms with Crippen molar-refractivity contribution in [3.8, 4) is 0 Å². The van der Waals surface area contributed by atoms with Gasteiger partial charge in [-0.3, -0.25) is 4.79 Å². The fourth-order valence-corrected chi connectivity index (χ4v) is 2.28. The van der Waals surface area contributed by atoms with Gasteiger partial charge in [0.05, 0.1) is 6.42 Å². The van der Waals surface area contributed by atoms with Crippen LogP contribution in [0.15, 0.2) is 22.7 Å². The first kappa shape index (κ1) is 15.0. The van der Waals surface area contributed by atoms with E-state index >= 15 is 0 Å². The van der Waals surface area contributed by atoms with E-state index in [1.54, 1.807) is 12.1 Å². The number of benzene rings is 1. The molecule has 1 aromatic heterocycles. The van der Waals surface area contributed by atoms with Crippen LogP contribution in [0.1, 0.15) is 37.0 Å². The number of halogens is 2. The van der Waals surface area contributed by atoms with E-state index in [0.717, 1.165) is 12.0 Å². The molecule has 0 spiro atoms. The molecule has 0 saturated carbocycles. The molecule has 0 bridgehead atoms. The second-order valence-corrected chi connectivity index (χ2v) is 5.33. The molecule has 0 radical (unpaired) electrons. The van der Waals surface area contributed by atoms with Crippen molar-refractivity contribution in [2.24, 2.45) is 0 Å². The van der Waals surface area contributed by atoms with Crippen molar-refractivity contribution in [2.75, 3.05) is 0 Å². The Kier molecular flexibility index (Phi) is 5.15. The molecule has 0 amide bonds. The number of nitrogens with zero attached hydrogens (tertiary/aromatic N) is 2. The van der Waals surface area contributed by atoms with E-state index in [2.05, 4.69) is 10.1 Å². The number of aromatic nitrogens is 2. The average Bonchev–Trinajstić information content (AvgIpc) is 2.80. The molecule has 0 aliphatic rings. The van der Waals surface area contributed by atoms with Crippen LogP contribution in [0.3, 0.4) is 0 Å². The minimum absolute atomic E-state index is 0.104. The Bertz CT molecular complexity index is 611. The van der Waals surface area contributed by atoms with Gasteiger partial charge >= 0.3 is 0 Å². The van der Waals surface area contributed by atoms with E-state index in [1.807, 2.05) is 13.0 Å². The molecular formula is C14H14Cl2N2O2. The monoisotopic (exact) mass is 312 g/mol. The molecule has 20 heavy (non-hydrogen) atoms. The molecule has 0 saturated heterocycles. The minimum Gasteiger partial charge on any atom is -0.339 e. The summed E-state index contributed by atoms with van der Waals surface area (Å²) in [6.45, 7) is 1.96. The maximum Gasteiger partial charge on any atom is 0.234 e. The standard InChI is InChI=1S/C14H14Cl2N2O2/c1-2-3-11(19)8-14-17-13(18-20-14)6-9-4-5-10(15)7-12(9)16/h4-5,7H,2-3,6,8H2,1H3. The van der Waals surface area contributed by atoms with Crippen molar-refractivity contribution < 1.29 is 9.32 Å². The summed E-state index contributed by atoms with van der Waals surface area (Å²) in [5.74, 6) is 0.962. The van der Waals surface area contributed by atoms with E-state index in [4.69, 9.17) is 27.7 Å². The van der Waals surface area contributed by atoms with Crippen LogP contribution < -0.4 is 0 Å². The lowest BCUT2D eigenvalue weighted by Gasteiger charge is -2.00. The van der Waals surface area contributed by atoms with Crippen LogP contribution in [-0.4, -0.2) is 15.9 Å². The Morgan fingerprint density at radius 1 is 1.35 bits per heavy atom. The van der Waals surface area contributed by atoms with Crippen molar-refractivity contribution in [1.82, 2.24) is 10.1 Å². The first-order chi connectivity index (χ1) is 9.58. The molecule has 0 unspecified atom stereocenters.